The van der Waals surface area contributed by atoms with Crippen molar-refractivity contribution in [3.05, 3.63) is 78.6 Å². The van der Waals surface area contributed by atoms with Crippen LogP contribution in [0.25, 0.3) is 0 Å². The van der Waals surface area contributed by atoms with E-state index < -0.39 is 8.32 Å². The van der Waals surface area contributed by atoms with E-state index in [0.29, 0.717) is 6.61 Å². The molecule has 0 radical (unpaired) electrons. The Hall–Kier alpha value is -1.95. The standard InChI is InChI=1S/C22H26N2OSSi/c1-22(2,3)27(19-11-7-5-8-12-19,20-13-9-6-10-14-20)25-17-18-15-16-23-21(24-18)26-4/h5-16H,17H2,1-4H3. The minimum Gasteiger partial charge on any atom is -0.401 e. The van der Waals surface area contributed by atoms with Gasteiger partial charge in [-0.15, -0.1) is 0 Å². The first-order valence-corrected chi connectivity index (χ1v) is 12.2. The monoisotopic (exact) mass is 394 g/mol. The first-order chi connectivity index (χ1) is 13.0. The van der Waals surface area contributed by atoms with E-state index in [1.807, 2.05) is 18.5 Å². The highest BCUT2D eigenvalue weighted by Gasteiger charge is 2.50. The van der Waals surface area contributed by atoms with Crippen molar-refractivity contribution in [2.24, 2.45) is 0 Å². The average molecular weight is 395 g/mol. The number of hydrogen-bond donors (Lipinski definition) is 0. The molecular formula is C22H26N2OSSi. The quantitative estimate of drug-likeness (QED) is 0.355. The SMILES string of the molecule is CSc1nccc(CO[Si](c2ccccc2)(c2ccccc2)C(C)(C)C)n1. The van der Waals surface area contributed by atoms with E-state index in [0.717, 1.165) is 10.9 Å². The fourth-order valence-corrected chi connectivity index (χ4v) is 8.39. The summed E-state index contributed by atoms with van der Waals surface area (Å²) in [5, 5.41) is 3.30. The molecule has 0 aliphatic rings. The molecule has 0 spiro atoms. The number of rotatable bonds is 6. The fourth-order valence-electron chi connectivity index (χ4n) is 3.50. The lowest BCUT2D eigenvalue weighted by Crippen LogP contribution is -2.66. The summed E-state index contributed by atoms with van der Waals surface area (Å²) in [5.41, 5.74) is 0.919. The highest BCUT2D eigenvalue weighted by molar-refractivity contribution is 7.98. The summed E-state index contributed by atoms with van der Waals surface area (Å²) in [7, 11) is -2.53. The van der Waals surface area contributed by atoms with Crippen molar-refractivity contribution < 1.29 is 4.43 Å². The number of hydrogen-bond acceptors (Lipinski definition) is 4. The molecule has 0 aliphatic heterocycles. The van der Waals surface area contributed by atoms with E-state index in [9.17, 15) is 0 Å². The Kier molecular flexibility index (Phi) is 6.14. The molecule has 1 aromatic heterocycles. The zero-order valence-corrected chi connectivity index (χ0v) is 18.2. The van der Waals surface area contributed by atoms with Gasteiger partial charge in [0.05, 0.1) is 12.3 Å². The van der Waals surface area contributed by atoms with E-state index in [2.05, 4.69) is 91.4 Å². The molecule has 0 saturated heterocycles. The Balaban J connectivity index is 2.09. The minimum absolute atomic E-state index is 0.0366. The maximum Gasteiger partial charge on any atom is 0.261 e. The normalized spacial score (nSPS) is 12.1. The summed E-state index contributed by atoms with van der Waals surface area (Å²) in [4.78, 5) is 8.89. The Morgan fingerprint density at radius 3 is 1.93 bits per heavy atom. The van der Waals surface area contributed by atoms with Crippen molar-refractivity contribution >= 4 is 30.5 Å². The Morgan fingerprint density at radius 1 is 0.889 bits per heavy atom. The minimum atomic E-state index is -2.53. The van der Waals surface area contributed by atoms with Gasteiger partial charge in [-0.2, -0.15) is 0 Å². The molecule has 0 fully saturated rings. The van der Waals surface area contributed by atoms with E-state index >= 15 is 0 Å². The Bertz CT molecular complexity index is 827. The molecule has 0 amide bonds. The highest BCUT2D eigenvalue weighted by atomic mass is 32.2. The topological polar surface area (TPSA) is 35.0 Å². The van der Waals surface area contributed by atoms with E-state index in [1.54, 1.807) is 11.8 Å². The lowest BCUT2D eigenvalue weighted by molar-refractivity contribution is 0.280. The van der Waals surface area contributed by atoms with Crippen molar-refractivity contribution in [2.45, 2.75) is 37.6 Å². The molecule has 0 N–H and O–H groups in total. The summed E-state index contributed by atoms with van der Waals surface area (Å²) in [6.45, 7) is 7.33. The Labute approximate surface area is 167 Å². The maximum absolute atomic E-state index is 6.89. The van der Waals surface area contributed by atoms with Crippen LogP contribution in [0.2, 0.25) is 5.04 Å². The zero-order chi connectivity index (χ0) is 19.3. The second-order valence-electron chi connectivity index (χ2n) is 7.49. The average Bonchev–Trinajstić information content (AvgIpc) is 2.69. The number of aromatic nitrogens is 2. The van der Waals surface area contributed by atoms with E-state index in [4.69, 9.17) is 4.43 Å². The van der Waals surface area contributed by atoms with Gasteiger partial charge in [0, 0.05) is 6.20 Å². The van der Waals surface area contributed by atoms with Gasteiger partial charge in [0.25, 0.3) is 8.32 Å². The van der Waals surface area contributed by atoms with Gasteiger partial charge in [-0.3, -0.25) is 0 Å². The maximum atomic E-state index is 6.89. The van der Waals surface area contributed by atoms with Gasteiger partial charge in [0.2, 0.25) is 0 Å². The van der Waals surface area contributed by atoms with Crippen LogP contribution in [0.5, 0.6) is 0 Å². The van der Waals surface area contributed by atoms with Crippen LogP contribution >= 0.6 is 11.8 Å². The third kappa shape index (κ3) is 4.15. The molecule has 0 saturated carbocycles. The summed E-state index contributed by atoms with van der Waals surface area (Å²) in [5.74, 6) is 0. The summed E-state index contributed by atoms with van der Waals surface area (Å²) < 4.78 is 6.89. The molecule has 140 valence electrons. The van der Waals surface area contributed by atoms with Crippen molar-refractivity contribution in [1.29, 1.82) is 0 Å². The van der Waals surface area contributed by atoms with Gasteiger partial charge in [-0.1, -0.05) is 93.2 Å². The zero-order valence-electron chi connectivity index (χ0n) is 16.3. The summed E-state index contributed by atoms with van der Waals surface area (Å²) >= 11 is 1.55. The molecule has 0 unspecified atom stereocenters. The van der Waals surface area contributed by atoms with Gasteiger partial charge in [0.1, 0.15) is 0 Å². The van der Waals surface area contributed by atoms with E-state index in [1.165, 1.54) is 10.4 Å². The van der Waals surface area contributed by atoms with Crippen LogP contribution in [0.3, 0.4) is 0 Å². The van der Waals surface area contributed by atoms with Crippen LogP contribution in [0.1, 0.15) is 26.5 Å². The largest absolute Gasteiger partial charge is 0.401 e. The first-order valence-electron chi connectivity index (χ1n) is 9.08. The predicted octanol–water partition coefficient (Wildman–Crippen LogP) is 4.28. The molecule has 3 nitrogen and oxygen atoms in total. The molecule has 0 atom stereocenters. The van der Waals surface area contributed by atoms with Crippen LogP contribution in [-0.2, 0) is 11.0 Å². The van der Waals surface area contributed by atoms with Gasteiger partial charge >= 0.3 is 0 Å². The smallest absolute Gasteiger partial charge is 0.261 e. The van der Waals surface area contributed by atoms with Gasteiger partial charge in [-0.05, 0) is 27.7 Å². The molecule has 0 bridgehead atoms. The number of thioether (sulfide) groups is 1. The number of benzene rings is 2. The molecule has 2 aromatic carbocycles. The van der Waals surface area contributed by atoms with Crippen LogP contribution in [-0.4, -0.2) is 24.5 Å². The van der Waals surface area contributed by atoms with Gasteiger partial charge < -0.3 is 4.43 Å². The fraction of sp³-hybridized carbons (Fsp3) is 0.273. The van der Waals surface area contributed by atoms with Gasteiger partial charge in [-0.25, -0.2) is 9.97 Å². The van der Waals surface area contributed by atoms with E-state index in [-0.39, 0.29) is 5.04 Å². The molecule has 3 rings (SSSR count). The lowest BCUT2D eigenvalue weighted by atomic mass is 10.2. The van der Waals surface area contributed by atoms with Crippen molar-refractivity contribution in [2.75, 3.05) is 6.26 Å². The second kappa shape index (κ2) is 8.38. The van der Waals surface area contributed by atoms with Crippen LogP contribution in [0.15, 0.2) is 78.1 Å². The molecule has 0 aliphatic carbocycles. The molecular weight excluding hydrogens is 368 g/mol. The molecule has 1 heterocycles. The van der Waals surface area contributed by atoms with Crippen molar-refractivity contribution in [1.82, 2.24) is 9.97 Å². The van der Waals surface area contributed by atoms with Gasteiger partial charge in [0.15, 0.2) is 5.16 Å². The number of nitrogens with zero attached hydrogens (tertiary/aromatic N) is 2. The highest BCUT2D eigenvalue weighted by Crippen LogP contribution is 2.37. The Morgan fingerprint density at radius 2 is 1.44 bits per heavy atom. The third-order valence-corrected chi connectivity index (χ3v) is 10.3. The van der Waals surface area contributed by atoms with Crippen molar-refractivity contribution in [3.8, 4) is 0 Å². The third-order valence-electron chi connectivity index (χ3n) is 4.73. The van der Waals surface area contributed by atoms with Crippen LogP contribution in [0.4, 0.5) is 0 Å². The van der Waals surface area contributed by atoms with Crippen LogP contribution in [0, 0.1) is 0 Å². The summed E-state index contributed by atoms with van der Waals surface area (Å²) in [6.07, 6.45) is 3.80. The predicted molar refractivity (Wildman–Crippen MR) is 116 cm³/mol. The van der Waals surface area contributed by atoms with Crippen LogP contribution < -0.4 is 10.4 Å². The first kappa shape index (κ1) is 19.8. The second-order valence-corrected chi connectivity index (χ2v) is 12.6. The lowest BCUT2D eigenvalue weighted by Gasteiger charge is -2.43. The molecule has 27 heavy (non-hydrogen) atoms. The molecule has 5 heteroatoms. The molecule has 3 aromatic rings. The van der Waals surface area contributed by atoms with Crippen molar-refractivity contribution in [3.63, 3.8) is 0 Å². The summed E-state index contributed by atoms with van der Waals surface area (Å²) in [6, 6.07) is 23.3.